The smallest absolute Gasteiger partial charge is 0.251 e. The molecule has 0 saturated carbocycles. The minimum absolute atomic E-state index is 0.0822. The van der Waals surface area contributed by atoms with Crippen LogP contribution in [0.5, 0.6) is 0 Å². The average molecular weight is 341 g/mol. The van der Waals surface area contributed by atoms with Crippen molar-refractivity contribution in [2.75, 3.05) is 26.2 Å². The molecule has 7 nitrogen and oxygen atoms in total. The molecule has 0 aliphatic heterocycles. The summed E-state index contributed by atoms with van der Waals surface area (Å²) in [7, 11) is 0. The molecule has 25 heavy (non-hydrogen) atoms. The fourth-order valence-corrected chi connectivity index (χ4v) is 2.17. The minimum Gasteiger partial charge on any atom is -0.352 e. The number of nitrogens with zero attached hydrogens (tertiary/aromatic N) is 2. The Balaban J connectivity index is 1.45. The summed E-state index contributed by atoms with van der Waals surface area (Å²) in [6.45, 7) is 2.86. The summed E-state index contributed by atoms with van der Waals surface area (Å²) in [4.78, 5) is 31.4. The Morgan fingerprint density at radius 2 is 1.08 bits per heavy atom. The van der Waals surface area contributed by atoms with E-state index in [2.05, 4.69) is 25.9 Å². The van der Waals surface area contributed by atoms with Gasteiger partial charge in [-0.05, 0) is 50.2 Å². The van der Waals surface area contributed by atoms with Crippen molar-refractivity contribution in [1.82, 2.24) is 25.9 Å². The van der Waals surface area contributed by atoms with Gasteiger partial charge in [-0.3, -0.25) is 19.6 Å². The van der Waals surface area contributed by atoms with Gasteiger partial charge in [0.05, 0.1) is 0 Å². The van der Waals surface area contributed by atoms with E-state index in [9.17, 15) is 9.59 Å². The molecule has 2 aromatic heterocycles. The number of hydrogen-bond acceptors (Lipinski definition) is 5. The molecular formula is C18H23N5O2. The van der Waals surface area contributed by atoms with Gasteiger partial charge in [-0.1, -0.05) is 0 Å². The minimum atomic E-state index is -0.0822. The number of nitrogens with one attached hydrogen (secondary N) is 3. The number of pyridine rings is 2. The van der Waals surface area contributed by atoms with Crippen LogP contribution in [-0.4, -0.2) is 48.0 Å². The van der Waals surface area contributed by atoms with E-state index in [1.165, 1.54) is 0 Å². The normalized spacial score (nSPS) is 10.2. The summed E-state index contributed by atoms with van der Waals surface area (Å²) < 4.78 is 0. The Labute approximate surface area is 147 Å². The van der Waals surface area contributed by atoms with Gasteiger partial charge in [0.2, 0.25) is 0 Å². The lowest BCUT2D eigenvalue weighted by Crippen LogP contribution is -2.29. The van der Waals surface area contributed by atoms with Crippen LogP contribution in [0, 0.1) is 0 Å². The van der Waals surface area contributed by atoms with Crippen molar-refractivity contribution in [3.05, 3.63) is 60.2 Å². The Morgan fingerprint density at radius 3 is 1.48 bits per heavy atom. The fourth-order valence-electron chi connectivity index (χ4n) is 2.17. The SMILES string of the molecule is O=C(NCCCNCCCNC(=O)c1ccncc1)c1ccncc1. The number of aromatic nitrogens is 2. The second-order valence-electron chi connectivity index (χ2n) is 5.44. The van der Waals surface area contributed by atoms with E-state index in [0.717, 1.165) is 25.9 Å². The first-order valence-electron chi connectivity index (χ1n) is 8.34. The average Bonchev–Trinajstić information content (AvgIpc) is 2.67. The molecule has 0 aromatic carbocycles. The zero-order valence-corrected chi connectivity index (χ0v) is 14.1. The summed E-state index contributed by atoms with van der Waals surface area (Å²) in [5.41, 5.74) is 1.24. The summed E-state index contributed by atoms with van der Waals surface area (Å²) in [5.74, 6) is -0.164. The van der Waals surface area contributed by atoms with Crippen molar-refractivity contribution < 1.29 is 9.59 Å². The summed E-state index contributed by atoms with van der Waals surface area (Å²) in [6.07, 6.45) is 8.10. The Bertz CT molecular complexity index is 592. The van der Waals surface area contributed by atoms with Gasteiger partial charge >= 0.3 is 0 Å². The van der Waals surface area contributed by atoms with Crippen LogP contribution in [0.2, 0.25) is 0 Å². The maximum atomic E-state index is 11.8. The van der Waals surface area contributed by atoms with Gasteiger partial charge in [0.15, 0.2) is 0 Å². The predicted octanol–water partition coefficient (Wildman–Crippen LogP) is 1.01. The molecule has 0 spiro atoms. The molecule has 0 unspecified atom stereocenters. The lowest BCUT2D eigenvalue weighted by molar-refractivity contribution is 0.0945. The van der Waals surface area contributed by atoms with Crippen LogP contribution in [0.3, 0.4) is 0 Å². The maximum Gasteiger partial charge on any atom is 0.251 e. The van der Waals surface area contributed by atoms with Crippen LogP contribution in [0.1, 0.15) is 33.6 Å². The van der Waals surface area contributed by atoms with E-state index in [-0.39, 0.29) is 11.8 Å². The summed E-state index contributed by atoms with van der Waals surface area (Å²) in [5, 5.41) is 9.02. The molecule has 132 valence electrons. The van der Waals surface area contributed by atoms with E-state index in [0.29, 0.717) is 24.2 Å². The zero-order valence-electron chi connectivity index (χ0n) is 14.1. The van der Waals surface area contributed by atoms with E-state index >= 15 is 0 Å². The summed E-state index contributed by atoms with van der Waals surface area (Å²) >= 11 is 0. The van der Waals surface area contributed by atoms with Gasteiger partial charge in [-0.2, -0.15) is 0 Å². The van der Waals surface area contributed by atoms with E-state index in [1.54, 1.807) is 49.1 Å². The van der Waals surface area contributed by atoms with Crippen LogP contribution in [0.15, 0.2) is 49.1 Å². The van der Waals surface area contributed by atoms with Crippen molar-refractivity contribution >= 4 is 11.8 Å². The highest BCUT2D eigenvalue weighted by Gasteiger charge is 2.04. The second kappa shape index (κ2) is 10.9. The molecule has 7 heteroatoms. The fraction of sp³-hybridized carbons (Fsp3) is 0.333. The van der Waals surface area contributed by atoms with Gasteiger partial charge in [0, 0.05) is 49.0 Å². The molecule has 0 radical (unpaired) electrons. The van der Waals surface area contributed by atoms with Gasteiger partial charge in [-0.15, -0.1) is 0 Å². The van der Waals surface area contributed by atoms with Gasteiger partial charge in [0.25, 0.3) is 11.8 Å². The molecule has 2 amide bonds. The van der Waals surface area contributed by atoms with Gasteiger partial charge in [0.1, 0.15) is 0 Å². The number of rotatable bonds is 10. The highest BCUT2D eigenvalue weighted by molar-refractivity contribution is 5.94. The van der Waals surface area contributed by atoms with Crippen LogP contribution in [0.25, 0.3) is 0 Å². The van der Waals surface area contributed by atoms with Crippen LogP contribution < -0.4 is 16.0 Å². The van der Waals surface area contributed by atoms with Crippen molar-refractivity contribution in [3.8, 4) is 0 Å². The molecule has 2 rings (SSSR count). The highest BCUT2D eigenvalue weighted by Crippen LogP contribution is 1.96. The third-order valence-corrected chi connectivity index (χ3v) is 3.52. The number of amides is 2. The number of carbonyl (C=O) groups is 2. The largest absolute Gasteiger partial charge is 0.352 e. The zero-order chi connectivity index (χ0) is 17.7. The molecular weight excluding hydrogens is 318 g/mol. The standard InChI is InChI=1S/C18H23N5O2/c24-17(15-3-11-20-12-4-15)22-9-1-7-19-8-2-10-23-18(25)16-5-13-21-14-6-16/h3-6,11-14,19H,1-2,7-10H2,(H,22,24)(H,23,25). The lowest BCUT2D eigenvalue weighted by Gasteiger charge is -2.07. The molecule has 2 heterocycles. The molecule has 0 aliphatic rings. The Kier molecular flexibility index (Phi) is 8.07. The Hall–Kier alpha value is -2.80. The molecule has 0 aliphatic carbocycles. The molecule has 0 atom stereocenters. The van der Waals surface area contributed by atoms with Crippen molar-refractivity contribution in [2.45, 2.75) is 12.8 Å². The molecule has 0 fully saturated rings. The van der Waals surface area contributed by atoms with E-state index in [4.69, 9.17) is 0 Å². The van der Waals surface area contributed by atoms with Crippen molar-refractivity contribution in [1.29, 1.82) is 0 Å². The van der Waals surface area contributed by atoms with Crippen LogP contribution >= 0.6 is 0 Å². The molecule has 0 bridgehead atoms. The number of carbonyl (C=O) groups excluding carboxylic acids is 2. The van der Waals surface area contributed by atoms with E-state index in [1.807, 2.05) is 0 Å². The van der Waals surface area contributed by atoms with Crippen LogP contribution in [-0.2, 0) is 0 Å². The first-order chi connectivity index (χ1) is 12.3. The quantitative estimate of drug-likeness (QED) is 0.561. The predicted molar refractivity (Wildman–Crippen MR) is 95.2 cm³/mol. The van der Waals surface area contributed by atoms with Gasteiger partial charge < -0.3 is 16.0 Å². The third kappa shape index (κ3) is 7.09. The molecule has 3 N–H and O–H groups in total. The molecule has 2 aromatic rings. The maximum absolute atomic E-state index is 11.8. The lowest BCUT2D eigenvalue weighted by atomic mass is 10.2. The van der Waals surface area contributed by atoms with Crippen molar-refractivity contribution in [2.24, 2.45) is 0 Å². The first-order valence-corrected chi connectivity index (χ1v) is 8.34. The highest BCUT2D eigenvalue weighted by atomic mass is 16.2. The second-order valence-corrected chi connectivity index (χ2v) is 5.44. The summed E-state index contributed by atoms with van der Waals surface area (Å²) in [6, 6.07) is 6.75. The topological polar surface area (TPSA) is 96.0 Å². The van der Waals surface area contributed by atoms with E-state index < -0.39 is 0 Å². The molecule has 0 saturated heterocycles. The first kappa shape index (κ1) is 18.5. The van der Waals surface area contributed by atoms with Crippen molar-refractivity contribution in [3.63, 3.8) is 0 Å². The third-order valence-electron chi connectivity index (χ3n) is 3.52. The Morgan fingerprint density at radius 1 is 0.680 bits per heavy atom. The monoisotopic (exact) mass is 341 g/mol. The van der Waals surface area contributed by atoms with Crippen LogP contribution in [0.4, 0.5) is 0 Å². The number of hydrogen-bond donors (Lipinski definition) is 3. The van der Waals surface area contributed by atoms with Gasteiger partial charge in [-0.25, -0.2) is 0 Å².